The highest BCUT2D eigenvalue weighted by Crippen LogP contribution is 2.27. The van der Waals surface area contributed by atoms with Crippen molar-refractivity contribution in [2.24, 2.45) is 0 Å². The average molecular weight is 238 g/mol. The van der Waals surface area contributed by atoms with E-state index in [1.807, 2.05) is 27.7 Å². The van der Waals surface area contributed by atoms with E-state index in [1.165, 1.54) is 11.1 Å². The number of allylic oxidation sites excluding steroid dienone is 4. The van der Waals surface area contributed by atoms with E-state index in [2.05, 4.69) is 26.0 Å². The fourth-order valence-electron chi connectivity index (χ4n) is 1.78. The Kier molecular flexibility index (Phi) is 14.4. The van der Waals surface area contributed by atoms with Gasteiger partial charge in [-0.1, -0.05) is 53.7 Å². The molecular weight excluding hydrogens is 208 g/mol. The van der Waals surface area contributed by atoms with Crippen LogP contribution in [-0.2, 0) is 4.79 Å². The fraction of sp³-hybridized carbons (Fsp3) is 0.688. The van der Waals surface area contributed by atoms with E-state index in [1.54, 1.807) is 0 Å². The third kappa shape index (κ3) is 7.95. The zero-order chi connectivity index (χ0) is 13.7. The molecule has 100 valence electrons. The zero-order valence-electron chi connectivity index (χ0n) is 12.6. The van der Waals surface area contributed by atoms with Crippen LogP contribution >= 0.6 is 0 Å². The molecule has 0 aromatic rings. The summed E-state index contributed by atoms with van der Waals surface area (Å²) < 4.78 is 0. The lowest BCUT2D eigenvalue weighted by Gasteiger charge is -2.17. The van der Waals surface area contributed by atoms with Crippen molar-refractivity contribution >= 4 is 5.78 Å². The predicted octanol–water partition coefficient (Wildman–Crippen LogP) is 5.46. The first-order chi connectivity index (χ1) is 8.27. The van der Waals surface area contributed by atoms with Crippen LogP contribution in [0.5, 0.6) is 0 Å². The molecule has 17 heavy (non-hydrogen) atoms. The summed E-state index contributed by atoms with van der Waals surface area (Å²) >= 11 is 0. The maximum atomic E-state index is 11.2. The highest BCUT2D eigenvalue weighted by Gasteiger charge is 2.16. The lowest BCUT2D eigenvalue weighted by Crippen LogP contribution is -2.09. The van der Waals surface area contributed by atoms with Gasteiger partial charge in [0.2, 0.25) is 0 Å². The average Bonchev–Trinajstić information content (AvgIpc) is 2.38. The van der Waals surface area contributed by atoms with Crippen LogP contribution in [0.4, 0.5) is 0 Å². The van der Waals surface area contributed by atoms with E-state index in [-0.39, 0.29) is 0 Å². The van der Waals surface area contributed by atoms with Crippen LogP contribution in [0.15, 0.2) is 23.3 Å². The molecule has 1 rings (SSSR count). The van der Waals surface area contributed by atoms with Gasteiger partial charge in [0.05, 0.1) is 0 Å². The number of hydrogen-bond acceptors (Lipinski definition) is 1. The number of carbonyl (C=O) groups is 1. The number of Topliss-reactive ketones (excluding diaryl/α,β-unsaturated/α-hetero) is 1. The Morgan fingerprint density at radius 1 is 0.882 bits per heavy atom. The van der Waals surface area contributed by atoms with Crippen molar-refractivity contribution in [1.82, 2.24) is 0 Å². The van der Waals surface area contributed by atoms with E-state index in [4.69, 9.17) is 0 Å². The molecule has 0 aliphatic heterocycles. The zero-order valence-corrected chi connectivity index (χ0v) is 12.6. The minimum atomic E-state index is 0.396. The van der Waals surface area contributed by atoms with Crippen molar-refractivity contribution in [1.29, 1.82) is 0 Å². The fourth-order valence-corrected chi connectivity index (χ4v) is 1.78. The summed E-state index contributed by atoms with van der Waals surface area (Å²) in [4.78, 5) is 11.2. The first kappa shape index (κ1) is 18.5. The number of rotatable bonds is 2. The minimum absolute atomic E-state index is 0.396. The van der Waals surface area contributed by atoms with Crippen LogP contribution in [0.1, 0.15) is 73.6 Å². The summed E-state index contributed by atoms with van der Waals surface area (Å²) in [6, 6.07) is 0. The van der Waals surface area contributed by atoms with E-state index >= 15 is 0 Å². The molecule has 0 aromatic heterocycles. The Morgan fingerprint density at radius 2 is 1.35 bits per heavy atom. The van der Waals surface area contributed by atoms with Crippen LogP contribution in [0.3, 0.4) is 0 Å². The number of carbonyl (C=O) groups excluding carboxylic acids is 1. The molecule has 0 spiro atoms. The standard InChI is InChI=1S/C12H18O.2C2H6/c1-3-5-10-7-8-12(13)9-11(10)6-4-2;2*1-2/h5-6H,3-4,7-9H2,1-2H3;2*1-2H3/b10-5-,11-6-;;. The molecule has 0 N–H and O–H groups in total. The number of ketones is 1. The van der Waals surface area contributed by atoms with Gasteiger partial charge >= 0.3 is 0 Å². The molecule has 1 aliphatic rings. The van der Waals surface area contributed by atoms with Crippen molar-refractivity contribution in [2.75, 3.05) is 0 Å². The van der Waals surface area contributed by atoms with Crippen LogP contribution in [0, 0.1) is 0 Å². The molecule has 1 fully saturated rings. The first-order valence-corrected chi connectivity index (χ1v) is 7.18. The summed E-state index contributed by atoms with van der Waals surface area (Å²) in [6.45, 7) is 12.3. The monoisotopic (exact) mass is 238 g/mol. The summed E-state index contributed by atoms with van der Waals surface area (Å²) in [6.07, 6.45) is 8.92. The minimum Gasteiger partial charge on any atom is -0.299 e. The van der Waals surface area contributed by atoms with Crippen molar-refractivity contribution in [3.63, 3.8) is 0 Å². The summed E-state index contributed by atoms with van der Waals surface area (Å²) in [5.74, 6) is 0.396. The molecule has 0 atom stereocenters. The molecule has 1 heteroatoms. The van der Waals surface area contributed by atoms with Gasteiger partial charge in [0.1, 0.15) is 5.78 Å². The Balaban J connectivity index is 0. The Labute approximate surface area is 108 Å². The van der Waals surface area contributed by atoms with Gasteiger partial charge in [-0.25, -0.2) is 0 Å². The second-order valence-corrected chi connectivity index (χ2v) is 3.49. The smallest absolute Gasteiger partial charge is 0.137 e. The third-order valence-corrected chi connectivity index (χ3v) is 2.37. The van der Waals surface area contributed by atoms with Gasteiger partial charge in [-0.15, -0.1) is 0 Å². The Bertz CT molecular complexity index is 246. The lowest BCUT2D eigenvalue weighted by molar-refractivity contribution is -0.118. The molecule has 0 heterocycles. The highest BCUT2D eigenvalue weighted by molar-refractivity contribution is 5.84. The molecule has 0 radical (unpaired) electrons. The maximum Gasteiger partial charge on any atom is 0.137 e. The maximum absolute atomic E-state index is 11.2. The van der Waals surface area contributed by atoms with Gasteiger partial charge < -0.3 is 0 Å². The predicted molar refractivity (Wildman–Crippen MR) is 78.3 cm³/mol. The Hall–Kier alpha value is -0.850. The molecular formula is C16H30O. The van der Waals surface area contributed by atoms with E-state index < -0.39 is 0 Å². The van der Waals surface area contributed by atoms with E-state index in [9.17, 15) is 4.79 Å². The molecule has 0 saturated heterocycles. The molecule has 0 amide bonds. The van der Waals surface area contributed by atoms with Gasteiger partial charge in [-0.3, -0.25) is 4.79 Å². The van der Waals surface area contributed by atoms with Gasteiger partial charge in [0.25, 0.3) is 0 Å². The summed E-state index contributed by atoms with van der Waals surface area (Å²) in [7, 11) is 0. The second kappa shape index (κ2) is 13.2. The molecule has 0 unspecified atom stereocenters. The highest BCUT2D eigenvalue weighted by atomic mass is 16.1. The summed E-state index contributed by atoms with van der Waals surface area (Å²) in [5.41, 5.74) is 2.68. The molecule has 1 aliphatic carbocycles. The third-order valence-electron chi connectivity index (χ3n) is 2.37. The largest absolute Gasteiger partial charge is 0.299 e. The lowest BCUT2D eigenvalue weighted by atomic mass is 9.87. The van der Waals surface area contributed by atoms with Crippen LogP contribution in [0.25, 0.3) is 0 Å². The van der Waals surface area contributed by atoms with Crippen LogP contribution in [-0.4, -0.2) is 5.78 Å². The first-order valence-electron chi connectivity index (χ1n) is 7.18. The van der Waals surface area contributed by atoms with Gasteiger partial charge in [-0.2, -0.15) is 0 Å². The number of hydrogen-bond donors (Lipinski definition) is 0. The second-order valence-electron chi connectivity index (χ2n) is 3.49. The SMILES string of the molecule is CC.CC.CC/C=C1/CCC(=O)C/C1=C/CC. The molecule has 0 aromatic carbocycles. The van der Waals surface area contributed by atoms with Gasteiger partial charge in [-0.05, 0) is 30.4 Å². The van der Waals surface area contributed by atoms with Crippen LogP contribution in [0.2, 0.25) is 0 Å². The molecule has 0 bridgehead atoms. The van der Waals surface area contributed by atoms with E-state index in [0.29, 0.717) is 12.2 Å². The van der Waals surface area contributed by atoms with Crippen LogP contribution < -0.4 is 0 Å². The van der Waals surface area contributed by atoms with Gasteiger partial charge in [0, 0.05) is 12.8 Å². The van der Waals surface area contributed by atoms with Crippen molar-refractivity contribution in [2.45, 2.75) is 73.6 Å². The summed E-state index contributed by atoms with van der Waals surface area (Å²) in [5, 5.41) is 0. The van der Waals surface area contributed by atoms with E-state index in [0.717, 1.165) is 25.7 Å². The molecule has 1 nitrogen and oxygen atoms in total. The van der Waals surface area contributed by atoms with Crippen molar-refractivity contribution in [3.05, 3.63) is 23.3 Å². The van der Waals surface area contributed by atoms with Crippen molar-refractivity contribution < 1.29 is 4.79 Å². The quantitative estimate of drug-likeness (QED) is 0.624. The Morgan fingerprint density at radius 3 is 1.82 bits per heavy atom. The van der Waals surface area contributed by atoms with Crippen molar-refractivity contribution in [3.8, 4) is 0 Å². The topological polar surface area (TPSA) is 17.1 Å². The van der Waals surface area contributed by atoms with Gasteiger partial charge in [0.15, 0.2) is 0 Å². The molecule has 1 saturated carbocycles. The normalized spacial score (nSPS) is 19.3.